The summed E-state index contributed by atoms with van der Waals surface area (Å²) in [4.78, 5) is 15.9. The summed E-state index contributed by atoms with van der Waals surface area (Å²) in [6.45, 7) is 4.42. The van der Waals surface area contributed by atoms with Crippen molar-refractivity contribution in [1.29, 1.82) is 0 Å². The Balaban J connectivity index is 1.56. The van der Waals surface area contributed by atoms with Gasteiger partial charge in [0.1, 0.15) is 11.5 Å². The number of allylic oxidation sites excluding steroid dienone is 1. The van der Waals surface area contributed by atoms with Crippen LogP contribution in [0.4, 0.5) is 11.4 Å². The molecule has 208 valence electrons. The topological polar surface area (TPSA) is 62.8 Å². The first-order valence-corrected chi connectivity index (χ1v) is 14.0. The number of hydrogen-bond acceptors (Lipinski definition) is 4. The maximum absolute atomic E-state index is 14.1. The third-order valence-electron chi connectivity index (χ3n) is 6.90. The molecular weight excluding hydrogens is 554 g/mol. The fraction of sp³-hybridized carbons (Fsp3) is 0.152. The second-order valence-corrected chi connectivity index (χ2v) is 10.3. The highest BCUT2D eigenvalue weighted by Crippen LogP contribution is 2.37. The van der Waals surface area contributed by atoms with Gasteiger partial charge in [-0.15, -0.1) is 0 Å². The number of nitrogens with one attached hydrogen (secondary N) is 2. The minimum atomic E-state index is -0.489. The van der Waals surface area contributed by atoms with Crippen LogP contribution >= 0.6 is 23.8 Å². The van der Waals surface area contributed by atoms with Gasteiger partial charge in [0.25, 0.3) is 5.91 Å². The molecule has 0 aliphatic carbocycles. The van der Waals surface area contributed by atoms with Gasteiger partial charge < -0.3 is 20.1 Å². The molecule has 1 amide bonds. The number of ether oxygens (including phenoxy) is 2. The van der Waals surface area contributed by atoms with E-state index in [1.807, 2.05) is 73.3 Å². The molecule has 1 heterocycles. The number of nitrogens with zero attached hydrogens (tertiary/aromatic N) is 1. The zero-order valence-electron chi connectivity index (χ0n) is 23.0. The summed E-state index contributed by atoms with van der Waals surface area (Å²) < 4.78 is 11.1. The molecule has 0 bridgehead atoms. The fourth-order valence-electron chi connectivity index (χ4n) is 4.92. The van der Waals surface area contributed by atoms with Gasteiger partial charge in [-0.05, 0) is 85.2 Å². The van der Waals surface area contributed by atoms with Gasteiger partial charge in [0.15, 0.2) is 5.11 Å². The molecule has 5 rings (SSSR count). The van der Waals surface area contributed by atoms with E-state index in [9.17, 15) is 4.79 Å². The van der Waals surface area contributed by atoms with Crippen molar-refractivity contribution in [1.82, 2.24) is 5.32 Å². The van der Waals surface area contributed by atoms with E-state index in [0.717, 1.165) is 28.1 Å². The summed E-state index contributed by atoms with van der Waals surface area (Å²) in [7, 11) is 1.55. The average molecular weight is 584 g/mol. The summed E-state index contributed by atoms with van der Waals surface area (Å²) in [6.07, 6.45) is 0. The Morgan fingerprint density at radius 2 is 1.66 bits per heavy atom. The lowest BCUT2D eigenvalue weighted by Gasteiger charge is -2.38. The molecule has 4 aromatic rings. The van der Waals surface area contributed by atoms with Crippen molar-refractivity contribution in [2.45, 2.75) is 19.9 Å². The number of carbonyl (C=O) groups is 1. The van der Waals surface area contributed by atoms with Crippen molar-refractivity contribution < 1.29 is 14.3 Å². The van der Waals surface area contributed by atoms with E-state index >= 15 is 0 Å². The van der Waals surface area contributed by atoms with Gasteiger partial charge in [0, 0.05) is 16.4 Å². The van der Waals surface area contributed by atoms with Gasteiger partial charge in [-0.3, -0.25) is 9.69 Å². The van der Waals surface area contributed by atoms with Crippen LogP contribution in [0, 0.1) is 0 Å². The third kappa shape index (κ3) is 6.06. The minimum Gasteiger partial charge on any atom is -0.495 e. The van der Waals surface area contributed by atoms with Crippen LogP contribution < -0.4 is 25.0 Å². The van der Waals surface area contributed by atoms with Crippen molar-refractivity contribution in [2.75, 3.05) is 23.9 Å². The highest BCUT2D eigenvalue weighted by molar-refractivity contribution is 7.80. The highest BCUT2D eigenvalue weighted by atomic mass is 35.5. The minimum absolute atomic E-state index is 0.300. The summed E-state index contributed by atoms with van der Waals surface area (Å²) in [5.74, 6) is 0.967. The maximum Gasteiger partial charge on any atom is 0.255 e. The lowest BCUT2D eigenvalue weighted by atomic mass is 9.92. The Labute approximate surface area is 250 Å². The molecule has 0 spiro atoms. The van der Waals surface area contributed by atoms with Crippen LogP contribution in [-0.4, -0.2) is 24.7 Å². The number of rotatable bonds is 8. The first-order chi connectivity index (χ1) is 19.9. The third-order valence-corrected chi connectivity index (χ3v) is 7.43. The maximum atomic E-state index is 14.1. The first-order valence-electron chi connectivity index (χ1n) is 13.2. The van der Waals surface area contributed by atoms with E-state index < -0.39 is 6.04 Å². The number of benzene rings is 4. The molecular formula is C33H30ClN3O3S. The van der Waals surface area contributed by atoms with Crippen LogP contribution in [-0.2, 0) is 4.79 Å². The largest absolute Gasteiger partial charge is 0.495 e. The van der Waals surface area contributed by atoms with Crippen LogP contribution in [0.2, 0.25) is 5.02 Å². The molecule has 1 atom stereocenters. The Bertz CT molecular complexity index is 1590. The molecule has 0 aromatic heterocycles. The second kappa shape index (κ2) is 12.5. The summed E-state index contributed by atoms with van der Waals surface area (Å²) >= 11 is 12.1. The molecule has 1 aliphatic heterocycles. The van der Waals surface area contributed by atoms with E-state index in [0.29, 0.717) is 39.4 Å². The van der Waals surface area contributed by atoms with Crippen molar-refractivity contribution in [3.8, 4) is 22.6 Å². The van der Waals surface area contributed by atoms with Gasteiger partial charge in [-0.25, -0.2) is 0 Å². The number of amides is 1. The van der Waals surface area contributed by atoms with Gasteiger partial charge in [-0.1, -0.05) is 66.2 Å². The summed E-state index contributed by atoms with van der Waals surface area (Å²) in [5, 5.41) is 7.41. The van der Waals surface area contributed by atoms with Crippen LogP contribution in [0.15, 0.2) is 108 Å². The predicted molar refractivity (Wildman–Crippen MR) is 170 cm³/mol. The van der Waals surface area contributed by atoms with Crippen LogP contribution in [0.5, 0.6) is 11.5 Å². The number of halogens is 1. The fourth-order valence-corrected chi connectivity index (χ4v) is 5.45. The zero-order chi connectivity index (χ0) is 28.9. The lowest BCUT2D eigenvalue weighted by molar-refractivity contribution is -0.113. The molecule has 0 unspecified atom stereocenters. The Morgan fingerprint density at radius 1 is 0.976 bits per heavy atom. The van der Waals surface area contributed by atoms with Gasteiger partial charge >= 0.3 is 0 Å². The molecule has 0 fully saturated rings. The van der Waals surface area contributed by atoms with Crippen molar-refractivity contribution >= 4 is 46.2 Å². The summed E-state index contributed by atoms with van der Waals surface area (Å²) in [5.41, 5.74) is 5.61. The van der Waals surface area contributed by atoms with Crippen molar-refractivity contribution in [3.05, 3.63) is 119 Å². The first kappa shape index (κ1) is 28.2. The van der Waals surface area contributed by atoms with Gasteiger partial charge in [-0.2, -0.15) is 0 Å². The quantitative estimate of drug-likeness (QED) is 0.207. The molecule has 41 heavy (non-hydrogen) atoms. The molecule has 0 saturated carbocycles. The van der Waals surface area contributed by atoms with Crippen LogP contribution in [0.3, 0.4) is 0 Å². The summed E-state index contributed by atoms with van der Waals surface area (Å²) in [6, 6.07) is 30.6. The van der Waals surface area contributed by atoms with E-state index in [-0.39, 0.29) is 5.91 Å². The SMILES string of the molecule is CCOc1ccc(N2C(=S)N[C@@H](c3ccc(-c4ccccc4)cc3)C(C(=O)Nc3cc(Cl)ccc3OC)=C2C)cc1. The average Bonchev–Trinajstić information content (AvgIpc) is 2.98. The number of anilines is 2. The van der Waals surface area contributed by atoms with Gasteiger partial charge in [0.05, 0.1) is 31.0 Å². The molecule has 0 saturated heterocycles. The van der Waals surface area contributed by atoms with Crippen molar-refractivity contribution in [3.63, 3.8) is 0 Å². The standard InChI is InChI=1S/C33H30ClN3O3S/c1-4-40-27-17-15-26(16-18-27)37-21(2)30(32(38)35-28-20-25(34)14-19-29(28)39-3)31(36-33(37)41)24-12-10-23(11-13-24)22-8-6-5-7-9-22/h5-20,31H,4H2,1-3H3,(H,35,38)(H,36,41)/t31-/m0/s1. The van der Waals surface area contributed by atoms with E-state index in [4.69, 9.17) is 33.3 Å². The zero-order valence-corrected chi connectivity index (χ0v) is 24.6. The van der Waals surface area contributed by atoms with Crippen LogP contribution in [0.25, 0.3) is 11.1 Å². The smallest absolute Gasteiger partial charge is 0.255 e. The predicted octanol–water partition coefficient (Wildman–Crippen LogP) is 7.76. The Morgan fingerprint density at radius 3 is 2.32 bits per heavy atom. The Kier molecular flexibility index (Phi) is 8.57. The normalized spacial score (nSPS) is 14.9. The number of thiocarbonyl (C=S) groups is 1. The molecule has 4 aromatic carbocycles. The number of hydrogen-bond donors (Lipinski definition) is 2. The van der Waals surface area contributed by atoms with Crippen molar-refractivity contribution in [2.24, 2.45) is 0 Å². The number of methoxy groups -OCH3 is 1. The molecule has 0 radical (unpaired) electrons. The number of carbonyl (C=O) groups excluding carboxylic acids is 1. The lowest BCUT2D eigenvalue weighted by Crippen LogP contribution is -2.48. The monoisotopic (exact) mass is 583 g/mol. The second-order valence-electron chi connectivity index (χ2n) is 9.43. The Hall–Kier alpha value is -4.33. The van der Waals surface area contributed by atoms with E-state index in [1.54, 1.807) is 25.3 Å². The van der Waals surface area contributed by atoms with Gasteiger partial charge in [0.2, 0.25) is 0 Å². The molecule has 6 nitrogen and oxygen atoms in total. The van der Waals surface area contributed by atoms with E-state index in [2.05, 4.69) is 34.9 Å². The molecule has 1 aliphatic rings. The van der Waals surface area contributed by atoms with Crippen LogP contribution in [0.1, 0.15) is 25.5 Å². The highest BCUT2D eigenvalue weighted by Gasteiger charge is 2.35. The molecule has 2 N–H and O–H groups in total. The molecule has 8 heteroatoms. The van der Waals surface area contributed by atoms with E-state index in [1.165, 1.54) is 0 Å².